The monoisotopic (exact) mass is 364 g/mol. The molecule has 0 spiro atoms. The van der Waals surface area contributed by atoms with E-state index in [-0.39, 0.29) is 17.6 Å². The van der Waals surface area contributed by atoms with Gasteiger partial charge in [-0.3, -0.25) is 4.98 Å². The molecule has 1 aliphatic heterocycles. The molecular weight excluding hydrogens is 344 g/mol. The van der Waals surface area contributed by atoms with Crippen molar-refractivity contribution in [2.24, 2.45) is 10.3 Å². The lowest BCUT2D eigenvalue weighted by molar-refractivity contribution is 0.339. The topological polar surface area (TPSA) is 59.4 Å². The molecule has 4 aliphatic rings. The third-order valence-electron chi connectivity index (χ3n) is 6.13. The fourth-order valence-corrected chi connectivity index (χ4v) is 6.18. The molecule has 0 amide bonds. The summed E-state index contributed by atoms with van der Waals surface area (Å²) < 4.78 is 27.8. The molecule has 0 saturated heterocycles. The zero-order chi connectivity index (χ0) is 17.9. The lowest BCUT2D eigenvalue weighted by Crippen LogP contribution is -2.36. The van der Waals surface area contributed by atoms with Gasteiger partial charge in [-0.15, -0.1) is 0 Å². The number of benzene rings is 1. The van der Waals surface area contributed by atoms with E-state index in [2.05, 4.69) is 58.8 Å². The highest BCUT2D eigenvalue weighted by Crippen LogP contribution is 2.58. The maximum Gasteiger partial charge on any atom is 0.253 e. The molecule has 0 fully saturated rings. The van der Waals surface area contributed by atoms with Crippen LogP contribution in [0.25, 0.3) is 0 Å². The van der Waals surface area contributed by atoms with Gasteiger partial charge in [-0.25, -0.2) is 8.42 Å². The Labute approximate surface area is 153 Å². The van der Waals surface area contributed by atoms with Crippen LogP contribution in [0.3, 0.4) is 0 Å². The van der Waals surface area contributed by atoms with E-state index < -0.39 is 10.0 Å². The summed E-state index contributed by atoms with van der Waals surface area (Å²) in [5.74, 6) is 1.33. The number of aromatic nitrogens is 1. The van der Waals surface area contributed by atoms with Crippen LogP contribution in [0.15, 0.2) is 64.8 Å². The zero-order valence-electron chi connectivity index (χ0n) is 14.5. The Kier molecular flexibility index (Phi) is 3.44. The number of rotatable bonds is 2. The van der Waals surface area contributed by atoms with E-state index in [0.29, 0.717) is 18.3 Å². The lowest BCUT2D eigenvalue weighted by atomic mass is 9.55. The predicted molar refractivity (Wildman–Crippen MR) is 102 cm³/mol. The Morgan fingerprint density at radius 2 is 1.77 bits per heavy atom. The molecule has 1 aromatic heterocycles. The number of allylic oxidation sites excluding steroid dienone is 2. The molecule has 6 rings (SSSR count). The van der Waals surface area contributed by atoms with Gasteiger partial charge in [-0.1, -0.05) is 37.3 Å². The molecule has 0 N–H and O–H groups in total. The summed E-state index contributed by atoms with van der Waals surface area (Å²) in [6, 6.07) is 12.8. The predicted octanol–water partition coefficient (Wildman–Crippen LogP) is 3.80. The van der Waals surface area contributed by atoms with Gasteiger partial charge >= 0.3 is 0 Å². The molecular formula is C21H20N2O2S. The van der Waals surface area contributed by atoms with Crippen LogP contribution >= 0.6 is 0 Å². The van der Waals surface area contributed by atoms with Crippen molar-refractivity contribution in [1.29, 1.82) is 0 Å². The maximum absolute atomic E-state index is 11.9. The quantitative estimate of drug-likeness (QED) is 0.814. The molecule has 2 aromatic rings. The van der Waals surface area contributed by atoms with Crippen molar-refractivity contribution >= 4 is 15.7 Å². The molecule has 5 heteroatoms. The molecule has 3 aliphatic carbocycles. The lowest BCUT2D eigenvalue weighted by Gasteiger charge is -2.48. The number of pyridine rings is 1. The summed E-state index contributed by atoms with van der Waals surface area (Å²) in [6.07, 6.45) is 6.53. The van der Waals surface area contributed by atoms with E-state index in [4.69, 9.17) is 0 Å². The van der Waals surface area contributed by atoms with E-state index in [9.17, 15) is 8.42 Å². The summed E-state index contributed by atoms with van der Waals surface area (Å²) in [5, 5.41) is 0. The van der Waals surface area contributed by atoms with Crippen LogP contribution in [0.4, 0.5) is 0 Å². The summed E-state index contributed by atoms with van der Waals surface area (Å²) in [6.45, 7) is 2.29. The number of fused-ring (bicyclic) bond motifs is 1. The second-order valence-electron chi connectivity index (χ2n) is 7.49. The SMILES string of the molecule is CC1C2C(C3=NS(=O)(=O)CC3)=CC(c3ccccc32)C1c1ccncc1. The highest BCUT2D eigenvalue weighted by atomic mass is 32.2. The second-order valence-corrected chi connectivity index (χ2v) is 9.25. The van der Waals surface area contributed by atoms with E-state index >= 15 is 0 Å². The van der Waals surface area contributed by atoms with Crippen molar-refractivity contribution in [1.82, 2.24) is 4.98 Å². The summed E-state index contributed by atoms with van der Waals surface area (Å²) in [4.78, 5) is 4.16. The van der Waals surface area contributed by atoms with E-state index in [1.165, 1.54) is 16.7 Å². The first-order valence-electron chi connectivity index (χ1n) is 9.07. The third-order valence-corrected chi connectivity index (χ3v) is 7.35. The summed E-state index contributed by atoms with van der Waals surface area (Å²) >= 11 is 0. The Bertz CT molecular complexity index is 1040. The Hall–Kier alpha value is -2.27. The molecule has 4 unspecified atom stereocenters. The van der Waals surface area contributed by atoms with Crippen molar-refractivity contribution in [2.45, 2.75) is 31.1 Å². The van der Waals surface area contributed by atoms with Gasteiger partial charge < -0.3 is 0 Å². The number of nitrogens with zero attached hydrogens (tertiary/aromatic N) is 2. The van der Waals surface area contributed by atoms with Crippen molar-refractivity contribution in [3.05, 3.63) is 77.1 Å². The van der Waals surface area contributed by atoms with Crippen LogP contribution in [-0.4, -0.2) is 24.9 Å². The fourth-order valence-electron chi connectivity index (χ4n) is 5.10. The number of hydrogen-bond acceptors (Lipinski definition) is 3. The first-order valence-corrected chi connectivity index (χ1v) is 10.7. The first-order chi connectivity index (χ1) is 12.6. The van der Waals surface area contributed by atoms with Gasteiger partial charge in [0.1, 0.15) is 0 Å². The highest BCUT2D eigenvalue weighted by molar-refractivity contribution is 7.90. The number of hydrogen-bond donors (Lipinski definition) is 0. The molecule has 26 heavy (non-hydrogen) atoms. The minimum absolute atomic E-state index is 0.140. The summed E-state index contributed by atoms with van der Waals surface area (Å²) in [5.41, 5.74) is 5.90. The van der Waals surface area contributed by atoms with Crippen LogP contribution in [-0.2, 0) is 10.0 Å². The average molecular weight is 364 g/mol. The van der Waals surface area contributed by atoms with Crippen LogP contribution in [0, 0.1) is 5.92 Å². The van der Waals surface area contributed by atoms with Gasteiger partial charge in [0.05, 0.1) is 11.5 Å². The standard InChI is InChI=1S/C21H20N2O2S/c1-13-20(14-6-9-22-10-7-14)17-12-18(19-8-11-26(24,25)23-19)21(13)16-5-3-2-4-15(16)17/h2-7,9-10,12-13,17,20-21H,8,11H2,1H3. The molecule has 0 radical (unpaired) electrons. The Morgan fingerprint density at radius 3 is 2.46 bits per heavy atom. The normalized spacial score (nSPS) is 31.3. The molecule has 132 valence electrons. The van der Waals surface area contributed by atoms with Crippen LogP contribution in [0.1, 0.15) is 47.8 Å². The summed E-state index contributed by atoms with van der Waals surface area (Å²) in [7, 11) is -3.28. The number of sulfonamides is 1. The van der Waals surface area contributed by atoms with Gasteiger partial charge in [-0.2, -0.15) is 4.40 Å². The van der Waals surface area contributed by atoms with Crippen LogP contribution in [0.5, 0.6) is 0 Å². The second kappa shape index (κ2) is 5.61. The maximum atomic E-state index is 11.9. The van der Waals surface area contributed by atoms with Crippen molar-refractivity contribution < 1.29 is 8.42 Å². The minimum Gasteiger partial charge on any atom is -0.265 e. The van der Waals surface area contributed by atoms with Gasteiger partial charge in [0.2, 0.25) is 0 Å². The Morgan fingerprint density at radius 1 is 1.04 bits per heavy atom. The van der Waals surface area contributed by atoms with Crippen molar-refractivity contribution in [2.75, 3.05) is 5.75 Å². The fraction of sp³-hybridized carbons (Fsp3) is 0.333. The third kappa shape index (κ3) is 2.30. The molecule has 4 nitrogen and oxygen atoms in total. The van der Waals surface area contributed by atoms with Crippen molar-refractivity contribution in [3.63, 3.8) is 0 Å². The van der Waals surface area contributed by atoms with Gasteiger partial charge in [0.15, 0.2) is 0 Å². The Balaban J connectivity index is 1.69. The van der Waals surface area contributed by atoms with Gasteiger partial charge in [0, 0.05) is 30.7 Å². The van der Waals surface area contributed by atoms with E-state index in [0.717, 1.165) is 11.3 Å². The molecule has 1 aromatic carbocycles. The zero-order valence-corrected chi connectivity index (χ0v) is 15.4. The molecule has 0 saturated carbocycles. The molecule has 2 bridgehead atoms. The van der Waals surface area contributed by atoms with Gasteiger partial charge in [-0.05, 0) is 46.2 Å². The largest absolute Gasteiger partial charge is 0.265 e. The van der Waals surface area contributed by atoms with Crippen LogP contribution < -0.4 is 0 Å². The van der Waals surface area contributed by atoms with Gasteiger partial charge in [0.25, 0.3) is 10.0 Å². The molecule has 2 heterocycles. The highest BCUT2D eigenvalue weighted by Gasteiger charge is 2.47. The van der Waals surface area contributed by atoms with E-state index in [1.807, 2.05) is 12.4 Å². The molecule has 4 atom stereocenters. The van der Waals surface area contributed by atoms with E-state index in [1.54, 1.807) is 0 Å². The van der Waals surface area contributed by atoms with Crippen molar-refractivity contribution in [3.8, 4) is 0 Å². The first kappa shape index (κ1) is 15.9. The minimum atomic E-state index is -3.28. The van der Waals surface area contributed by atoms with Crippen LogP contribution in [0.2, 0.25) is 0 Å². The average Bonchev–Trinajstić information content (AvgIpc) is 3.02. The smallest absolute Gasteiger partial charge is 0.253 e.